The number of carbonyl (C=O) groups excluding carboxylic acids is 1. The Bertz CT molecular complexity index is 424. The SMILES string of the molecule is NC1CCN(C(=O)c2ccc(I)c(Cl)c2)C1. The molecular formula is C11H12ClIN2O. The van der Waals surface area contributed by atoms with Crippen LogP contribution in [0.25, 0.3) is 0 Å². The van der Waals surface area contributed by atoms with Crippen LogP contribution in [0, 0.1) is 3.57 Å². The van der Waals surface area contributed by atoms with E-state index in [1.807, 2.05) is 6.07 Å². The maximum Gasteiger partial charge on any atom is 0.253 e. The molecule has 1 fully saturated rings. The van der Waals surface area contributed by atoms with Gasteiger partial charge in [-0.15, -0.1) is 0 Å². The van der Waals surface area contributed by atoms with Gasteiger partial charge >= 0.3 is 0 Å². The summed E-state index contributed by atoms with van der Waals surface area (Å²) in [7, 11) is 0. The van der Waals surface area contributed by atoms with Gasteiger partial charge in [0.05, 0.1) is 5.02 Å². The Hall–Kier alpha value is -0.330. The van der Waals surface area contributed by atoms with E-state index in [4.69, 9.17) is 17.3 Å². The van der Waals surface area contributed by atoms with Crippen molar-refractivity contribution < 1.29 is 4.79 Å². The maximum atomic E-state index is 12.1. The first-order valence-corrected chi connectivity index (χ1v) is 6.53. The minimum absolute atomic E-state index is 0.0197. The van der Waals surface area contributed by atoms with E-state index < -0.39 is 0 Å². The molecular weight excluding hydrogens is 338 g/mol. The molecule has 0 radical (unpaired) electrons. The van der Waals surface area contributed by atoms with Gasteiger partial charge in [-0.1, -0.05) is 11.6 Å². The molecule has 1 heterocycles. The Morgan fingerprint density at radius 1 is 1.56 bits per heavy atom. The molecule has 0 spiro atoms. The van der Waals surface area contributed by atoms with Gasteiger partial charge in [0.2, 0.25) is 0 Å². The fourth-order valence-electron chi connectivity index (χ4n) is 1.78. The molecule has 0 aromatic heterocycles. The van der Waals surface area contributed by atoms with Crippen molar-refractivity contribution in [2.24, 2.45) is 5.73 Å². The second-order valence-corrected chi connectivity index (χ2v) is 5.50. The van der Waals surface area contributed by atoms with Crippen LogP contribution in [0.2, 0.25) is 5.02 Å². The van der Waals surface area contributed by atoms with Gasteiger partial charge in [0.15, 0.2) is 0 Å². The number of likely N-dealkylation sites (tertiary alicyclic amines) is 1. The minimum atomic E-state index is 0.0197. The van der Waals surface area contributed by atoms with Crippen molar-refractivity contribution in [3.8, 4) is 0 Å². The quantitative estimate of drug-likeness (QED) is 0.789. The summed E-state index contributed by atoms with van der Waals surface area (Å²) >= 11 is 8.13. The van der Waals surface area contributed by atoms with Gasteiger partial charge in [-0.3, -0.25) is 4.79 Å². The predicted molar refractivity (Wildman–Crippen MR) is 72.7 cm³/mol. The van der Waals surface area contributed by atoms with Crippen molar-refractivity contribution in [3.05, 3.63) is 32.4 Å². The van der Waals surface area contributed by atoms with Crippen molar-refractivity contribution >= 4 is 40.1 Å². The van der Waals surface area contributed by atoms with E-state index in [-0.39, 0.29) is 11.9 Å². The largest absolute Gasteiger partial charge is 0.337 e. The van der Waals surface area contributed by atoms with Crippen LogP contribution in [-0.2, 0) is 0 Å². The molecule has 0 saturated carbocycles. The first-order chi connectivity index (χ1) is 7.58. The van der Waals surface area contributed by atoms with E-state index in [1.54, 1.807) is 17.0 Å². The summed E-state index contributed by atoms with van der Waals surface area (Å²) in [5.41, 5.74) is 6.41. The van der Waals surface area contributed by atoms with Crippen LogP contribution in [0.5, 0.6) is 0 Å². The molecule has 16 heavy (non-hydrogen) atoms. The summed E-state index contributed by atoms with van der Waals surface area (Å²) in [5.74, 6) is 0.0197. The summed E-state index contributed by atoms with van der Waals surface area (Å²) in [6.07, 6.45) is 0.879. The smallest absolute Gasteiger partial charge is 0.253 e. The van der Waals surface area contributed by atoms with Gasteiger partial charge in [-0.25, -0.2) is 0 Å². The lowest BCUT2D eigenvalue weighted by molar-refractivity contribution is 0.0791. The second kappa shape index (κ2) is 4.89. The van der Waals surface area contributed by atoms with E-state index in [9.17, 15) is 4.79 Å². The molecule has 2 rings (SSSR count). The average Bonchev–Trinajstić information content (AvgIpc) is 2.68. The van der Waals surface area contributed by atoms with E-state index in [2.05, 4.69) is 22.6 Å². The van der Waals surface area contributed by atoms with Crippen LogP contribution >= 0.6 is 34.2 Å². The van der Waals surface area contributed by atoms with Crippen LogP contribution in [0.3, 0.4) is 0 Å². The molecule has 1 aliphatic rings. The Kier molecular flexibility index (Phi) is 3.71. The lowest BCUT2D eigenvalue weighted by atomic mass is 10.2. The molecule has 2 N–H and O–H groups in total. The van der Waals surface area contributed by atoms with Crippen LogP contribution in [0.15, 0.2) is 18.2 Å². The zero-order chi connectivity index (χ0) is 11.7. The van der Waals surface area contributed by atoms with Gasteiger partial charge in [0, 0.05) is 28.3 Å². The summed E-state index contributed by atoms with van der Waals surface area (Å²) < 4.78 is 0.953. The summed E-state index contributed by atoms with van der Waals surface area (Å²) in [5, 5.41) is 0.620. The third-order valence-electron chi connectivity index (χ3n) is 2.68. The number of benzene rings is 1. The van der Waals surface area contributed by atoms with Crippen molar-refractivity contribution in [1.29, 1.82) is 0 Å². The molecule has 1 saturated heterocycles. The van der Waals surface area contributed by atoms with Gasteiger partial charge in [0.1, 0.15) is 0 Å². The molecule has 86 valence electrons. The van der Waals surface area contributed by atoms with E-state index in [1.165, 1.54) is 0 Å². The summed E-state index contributed by atoms with van der Waals surface area (Å²) in [6.45, 7) is 1.38. The summed E-state index contributed by atoms with van der Waals surface area (Å²) in [4.78, 5) is 13.8. The molecule has 1 aromatic carbocycles. The molecule has 1 aliphatic heterocycles. The van der Waals surface area contributed by atoms with Crippen LogP contribution in [0.1, 0.15) is 16.8 Å². The minimum Gasteiger partial charge on any atom is -0.337 e. The van der Waals surface area contributed by atoms with Crippen molar-refractivity contribution in [2.75, 3.05) is 13.1 Å². The highest BCUT2D eigenvalue weighted by molar-refractivity contribution is 14.1. The van der Waals surface area contributed by atoms with Crippen molar-refractivity contribution in [2.45, 2.75) is 12.5 Å². The molecule has 1 amide bonds. The fourth-order valence-corrected chi connectivity index (χ4v) is 2.30. The van der Waals surface area contributed by atoms with E-state index >= 15 is 0 Å². The highest BCUT2D eigenvalue weighted by Crippen LogP contribution is 2.21. The monoisotopic (exact) mass is 350 g/mol. The van der Waals surface area contributed by atoms with Gasteiger partial charge in [-0.05, 0) is 47.2 Å². The zero-order valence-corrected chi connectivity index (χ0v) is 11.5. The van der Waals surface area contributed by atoms with Crippen molar-refractivity contribution in [1.82, 2.24) is 4.90 Å². The van der Waals surface area contributed by atoms with Crippen LogP contribution in [0.4, 0.5) is 0 Å². The molecule has 1 aromatic rings. The number of nitrogens with two attached hydrogens (primary N) is 1. The Labute approximate surface area is 113 Å². The Morgan fingerprint density at radius 2 is 2.31 bits per heavy atom. The Morgan fingerprint density at radius 3 is 2.88 bits per heavy atom. The van der Waals surface area contributed by atoms with Crippen LogP contribution in [-0.4, -0.2) is 29.9 Å². The molecule has 1 atom stereocenters. The standard InChI is InChI=1S/C11H12ClIN2O/c12-9-5-7(1-2-10(9)13)11(16)15-4-3-8(14)6-15/h1-2,5,8H,3-4,6,14H2. The first-order valence-electron chi connectivity index (χ1n) is 5.08. The lowest BCUT2D eigenvalue weighted by Gasteiger charge is -2.15. The number of hydrogen-bond donors (Lipinski definition) is 1. The highest BCUT2D eigenvalue weighted by Gasteiger charge is 2.24. The number of halogens is 2. The Balaban J connectivity index is 2.18. The third kappa shape index (κ3) is 2.49. The molecule has 1 unspecified atom stereocenters. The van der Waals surface area contributed by atoms with Gasteiger partial charge in [0.25, 0.3) is 5.91 Å². The van der Waals surface area contributed by atoms with Gasteiger partial charge < -0.3 is 10.6 Å². The summed E-state index contributed by atoms with van der Waals surface area (Å²) in [6, 6.07) is 5.49. The third-order valence-corrected chi connectivity index (χ3v) is 4.25. The lowest BCUT2D eigenvalue weighted by Crippen LogP contribution is -2.31. The highest BCUT2D eigenvalue weighted by atomic mass is 127. The zero-order valence-electron chi connectivity index (χ0n) is 8.62. The van der Waals surface area contributed by atoms with E-state index in [0.717, 1.165) is 16.5 Å². The number of amides is 1. The second-order valence-electron chi connectivity index (χ2n) is 3.93. The average molecular weight is 351 g/mol. The van der Waals surface area contributed by atoms with Crippen LogP contribution < -0.4 is 5.73 Å². The van der Waals surface area contributed by atoms with Crippen molar-refractivity contribution in [3.63, 3.8) is 0 Å². The number of hydrogen-bond acceptors (Lipinski definition) is 2. The number of nitrogens with zero attached hydrogens (tertiary/aromatic N) is 1. The van der Waals surface area contributed by atoms with Gasteiger partial charge in [-0.2, -0.15) is 0 Å². The molecule has 3 nitrogen and oxygen atoms in total. The number of carbonyl (C=O) groups is 1. The van der Waals surface area contributed by atoms with E-state index in [0.29, 0.717) is 17.1 Å². The predicted octanol–water partition coefficient (Wildman–Crippen LogP) is 2.12. The normalized spacial score (nSPS) is 20.2. The first kappa shape index (κ1) is 12.1. The maximum absolute atomic E-state index is 12.1. The fraction of sp³-hybridized carbons (Fsp3) is 0.364. The molecule has 0 aliphatic carbocycles. The topological polar surface area (TPSA) is 46.3 Å². The number of rotatable bonds is 1. The molecule has 5 heteroatoms. The molecule has 0 bridgehead atoms.